The first kappa shape index (κ1) is 33.5. The summed E-state index contributed by atoms with van der Waals surface area (Å²) in [5.41, 5.74) is -0.283. The van der Waals surface area contributed by atoms with Crippen molar-refractivity contribution in [2.45, 2.75) is 70.6 Å². The highest BCUT2D eigenvalue weighted by Gasteiger charge is 2.36. The minimum atomic E-state index is -4.21. The molecule has 12 nitrogen and oxygen atoms in total. The molecule has 1 N–H and O–H groups in total. The molecule has 2 rings (SSSR count). The molecule has 13 heteroatoms. The molecule has 0 aliphatic rings. The van der Waals surface area contributed by atoms with Crippen LogP contribution in [0.15, 0.2) is 59.5 Å². The van der Waals surface area contributed by atoms with Gasteiger partial charge in [-0.2, -0.15) is 4.31 Å². The summed E-state index contributed by atoms with van der Waals surface area (Å²) >= 11 is 0. The van der Waals surface area contributed by atoms with Gasteiger partial charge in [0.05, 0.1) is 29.0 Å². The smallest absolute Gasteiger partial charge is 0.444 e. The van der Waals surface area contributed by atoms with Crippen LogP contribution in [0.25, 0.3) is 0 Å². The van der Waals surface area contributed by atoms with Gasteiger partial charge in [0.2, 0.25) is 10.0 Å². The summed E-state index contributed by atoms with van der Waals surface area (Å²) in [6, 6.07) is 12.7. The van der Waals surface area contributed by atoms with Crippen molar-refractivity contribution in [2.24, 2.45) is 5.92 Å². The predicted octanol–water partition coefficient (Wildman–Crippen LogP) is 4.92. The fourth-order valence-electron chi connectivity index (χ4n) is 3.89. The zero-order chi connectivity index (χ0) is 30.8. The number of benzene rings is 2. The number of nitro benzene ring substituents is 1. The van der Waals surface area contributed by atoms with Crippen LogP contribution in [0.2, 0.25) is 0 Å². The summed E-state index contributed by atoms with van der Waals surface area (Å²) in [4.78, 5) is 35.7. The SMILES string of the molecule is CCOC(=O)O[C@H](CN(CC(C)C)S(=O)(=O)c1ccc([N+](=O)[O-])cc1)[C@H](Cc1ccccc1)NC(=O)OC(C)(C)C. The quantitative estimate of drug-likeness (QED) is 0.194. The Balaban J connectivity index is 2.54. The standard InChI is InChI=1S/C28H39N3O9S/c1-7-38-27(33)39-25(24(17-21-11-9-8-10-12-21)29-26(32)40-28(4,5)6)19-30(18-20(2)3)41(36,37)23-15-13-22(14-16-23)31(34)35/h8-16,20,24-25H,7,17-19H2,1-6H3,(H,29,32)/t24-,25+/m0/s1. The maximum atomic E-state index is 13.8. The summed E-state index contributed by atoms with van der Waals surface area (Å²) in [6.07, 6.45) is -2.83. The van der Waals surface area contributed by atoms with Gasteiger partial charge in [-0.1, -0.05) is 44.2 Å². The molecule has 0 heterocycles. The van der Waals surface area contributed by atoms with Gasteiger partial charge >= 0.3 is 12.2 Å². The lowest BCUT2D eigenvalue weighted by Gasteiger charge is -2.33. The lowest BCUT2D eigenvalue weighted by Crippen LogP contribution is -2.53. The van der Waals surface area contributed by atoms with Crippen LogP contribution in [0.4, 0.5) is 15.3 Å². The number of nitrogens with zero attached hydrogens (tertiary/aromatic N) is 2. The maximum absolute atomic E-state index is 13.8. The molecule has 2 aromatic carbocycles. The number of hydrogen-bond acceptors (Lipinski definition) is 9. The highest BCUT2D eigenvalue weighted by molar-refractivity contribution is 7.89. The minimum Gasteiger partial charge on any atom is -0.444 e. The van der Waals surface area contributed by atoms with Gasteiger partial charge < -0.3 is 19.5 Å². The Morgan fingerprint density at radius 1 is 1.02 bits per heavy atom. The number of carbonyl (C=O) groups excluding carboxylic acids is 2. The highest BCUT2D eigenvalue weighted by Crippen LogP contribution is 2.23. The van der Waals surface area contributed by atoms with Crippen LogP contribution >= 0.6 is 0 Å². The third-order valence-electron chi connectivity index (χ3n) is 5.60. The number of nitro groups is 1. The van der Waals surface area contributed by atoms with E-state index in [0.717, 1.165) is 34.1 Å². The summed E-state index contributed by atoms with van der Waals surface area (Å²) in [6.45, 7) is 10.0. The summed E-state index contributed by atoms with van der Waals surface area (Å²) in [5, 5.41) is 13.8. The van der Waals surface area contributed by atoms with Crippen LogP contribution < -0.4 is 5.32 Å². The van der Waals surface area contributed by atoms with Gasteiger partial charge in [-0.05, 0) is 57.7 Å². The van der Waals surface area contributed by atoms with E-state index in [0.29, 0.717) is 0 Å². The average molecular weight is 594 g/mol. The zero-order valence-corrected chi connectivity index (χ0v) is 25.1. The van der Waals surface area contributed by atoms with Gasteiger partial charge in [0.15, 0.2) is 0 Å². The van der Waals surface area contributed by atoms with Crippen molar-refractivity contribution in [3.8, 4) is 0 Å². The van der Waals surface area contributed by atoms with Crippen molar-refractivity contribution >= 4 is 28.0 Å². The molecule has 0 bridgehead atoms. The molecule has 226 valence electrons. The first-order chi connectivity index (χ1) is 19.1. The molecule has 41 heavy (non-hydrogen) atoms. The topological polar surface area (TPSA) is 154 Å². The number of nitrogens with one attached hydrogen (secondary N) is 1. The zero-order valence-electron chi connectivity index (χ0n) is 24.2. The Bertz CT molecular complexity index is 1260. The average Bonchev–Trinajstić information content (AvgIpc) is 2.87. The monoisotopic (exact) mass is 593 g/mol. The summed E-state index contributed by atoms with van der Waals surface area (Å²) in [7, 11) is -4.21. The van der Waals surface area contributed by atoms with E-state index in [1.165, 1.54) is 0 Å². The largest absolute Gasteiger partial charge is 0.508 e. The van der Waals surface area contributed by atoms with E-state index in [-0.39, 0.29) is 42.6 Å². The summed E-state index contributed by atoms with van der Waals surface area (Å²) in [5.74, 6) is -0.141. The number of rotatable bonds is 13. The van der Waals surface area contributed by atoms with Crippen molar-refractivity contribution in [3.63, 3.8) is 0 Å². The van der Waals surface area contributed by atoms with Gasteiger partial charge in [-0.3, -0.25) is 10.1 Å². The van der Waals surface area contributed by atoms with E-state index in [9.17, 15) is 28.1 Å². The first-order valence-electron chi connectivity index (χ1n) is 13.2. The molecule has 2 atom stereocenters. The van der Waals surface area contributed by atoms with Crippen LogP contribution in [0.3, 0.4) is 0 Å². The number of hydrogen-bond donors (Lipinski definition) is 1. The number of amides is 1. The van der Waals surface area contributed by atoms with Crippen LogP contribution in [-0.4, -0.2) is 67.3 Å². The van der Waals surface area contributed by atoms with Crippen LogP contribution in [0, 0.1) is 16.0 Å². The Morgan fingerprint density at radius 3 is 2.15 bits per heavy atom. The molecule has 0 fully saturated rings. The number of non-ortho nitro benzene ring substituents is 1. The van der Waals surface area contributed by atoms with Gasteiger partial charge in [-0.15, -0.1) is 0 Å². The van der Waals surface area contributed by atoms with Crippen LogP contribution in [0.5, 0.6) is 0 Å². The molecule has 2 aromatic rings. The minimum absolute atomic E-state index is 0.0190. The fraction of sp³-hybridized carbons (Fsp3) is 0.500. The second-order valence-electron chi connectivity index (χ2n) is 10.7. The third-order valence-corrected chi connectivity index (χ3v) is 7.44. The van der Waals surface area contributed by atoms with Crippen molar-refractivity contribution < 1.29 is 37.1 Å². The van der Waals surface area contributed by atoms with Crippen molar-refractivity contribution in [2.75, 3.05) is 19.7 Å². The molecule has 0 aliphatic carbocycles. The molecule has 0 radical (unpaired) electrons. The normalized spacial score (nSPS) is 13.4. The molecular formula is C28H39N3O9S. The number of carbonyl (C=O) groups is 2. The molecule has 0 unspecified atom stereocenters. The van der Waals surface area contributed by atoms with Gasteiger partial charge in [0, 0.05) is 18.7 Å². The van der Waals surface area contributed by atoms with Crippen molar-refractivity contribution in [1.82, 2.24) is 9.62 Å². The fourth-order valence-corrected chi connectivity index (χ4v) is 5.51. The maximum Gasteiger partial charge on any atom is 0.508 e. The Hall–Kier alpha value is -3.71. The molecule has 0 aliphatic heterocycles. The van der Waals surface area contributed by atoms with Gasteiger partial charge in [-0.25, -0.2) is 18.0 Å². The number of alkyl carbamates (subject to hydrolysis) is 1. The van der Waals surface area contributed by atoms with Gasteiger partial charge in [0.1, 0.15) is 11.7 Å². The second-order valence-corrected chi connectivity index (χ2v) is 12.7. The Labute approximate surface area is 241 Å². The van der Waals surface area contributed by atoms with Crippen molar-refractivity contribution in [3.05, 3.63) is 70.3 Å². The third kappa shape index (κ3) is 11.0. The molecule has 0 saturated carbocycles. The lowest BCUT2D eigenvalue weighted by atomic mass is 10.0. The van der Waals surface area contributed by atoms with E-state index < -0.39 is 44.9 Å². The highest BCUT2D eigenvalue weighted by atomic mass is 32.2. The van der Waals surface area contributed by atoms with E-state index in [1.54, 1.807) is 27.7 Å². The van der Waals surface area contributed by atoms with E-state index in [1.807, 2.05) is 44.2 Å². The predicted molar refractivity (Wildman–Crippen MR) is 152 cm³/mol. The molecule has 0 aromatic heterocycles. The number of sulfonamides is 1. The van der Waals surface area contributed by atoms with Crippen LogP contribution in [0.1, 0.15) is 47.1 Å². The first-order valence-corrected chi connectivity index (χ1v) is 14.7. The Kier molecular flexibility index (Phi) is 12.1. The summed E-state index contributed by atoms with van der Waals surface area (Å²) < 4.78 is 44.7. The molecule has 0 saturated heterocycles. The van der Waals surface area contributed by atoms with E-state index >= 15 is 0 Å². The second kappa shape index (κ2) is 14.8. The molecule has 1 amide bonds. The van der Waals surface area contributed by atoms with E-state index in [4.69, 9.17) is 14.2 Å². The molecule has 0 spiro atoms. The van der Waals surface area contributed by atoms with E-state index in [2.05, 4.69) is 5.32 Å². The van der Waals surface area contributed by atoms with Crippen molar-refractivity contribution in [1.29, 1.82) is 0 Å². The molecular weight excluding hydrogens is 554 g/mol. The van der Waals surface area contributed by atoms with Crippen LogP contribution in [-0.2, 0) is 30.7 Å². The number of ether oxygens (including phenoxy) is 3. The lowest BCUT2D eigenvalue weighted by molar-refractivity contribution is -0.384. The Morgan fingerprint density at radius 2 is 1.63 bits per heavy atom. The van der Waals surface area contributed by atoms with Gasteiger partial charge in [0.25, 0.3) is 5.69 Å².